The Morgan fingerprint density at radius 1 is 1.42 bits per heavy atom. The summed E-state index contributed by atoms with van der Waals surface area (Å²) >= 11 is 0. The molecule has 2 atom stereocenters. The van der Waals surface area contributed by atoms with E-state index in [-0.39, 0.29) is 11.8 Å². The average molecular weight is 270 g/mol. The maximum absolute atomic E-state index is 12.1. The lowest BCUT2D eigenvalue weighted by molar-refractivity contribution is -0.135. The van der Waals surface area contributed by atoms with Crippen molar-refractivity contribution in [2.45, 2.75) is 25.9 Å². The van der Waals surface area contributed by atoms with Crippen LogP contribution in [0.3, 0.4) is 0 Å². The van der Waals surface area contributed by atoms with Crippen molar-refractivity contribution in [3.63, 3.8) is 0 Å². The van der Waals surface area contributed by atoms with Gasteiger partial charge in [-0.3, -0.25) is 9.69 Å². The molecular formula is C14H26N2O3. The van der Waals surface area contributed by atoms with Gasteiger partial charge in [-0.2, -0.15) is 0 Å². The van der Waals surface area contributed by atoms with E-state index >= 15 is 0 Å². The van der Waals surface area contributed by atoms with E-state index < -0.39 is 6.10 Å². The van der Waals surface area contributed by atoms with Gasteiger partial charge in [0.05, 0.1) is 19.3 Å². The summed E-state index contributed by atoms with van der Waals surface area (Å²) in [5.74, 6) is 0.857. The summed E-state index contributed by atoms with van der Waals surface area (Å²) in [4.78, 5) is 16.0. The van der Waals surface area contributed by atoms with Crippen LogP contribution in [-0.2, 0) is 9.53 Å². The normalized spacial score (nSPS) is 23.9. The first-order valence-corrected chi connectivity index (χ1v) is 7.31. The highest BCUT2D eigenvalue weighted by Gasteiger charge is 2.34. The van der Waals surface area contributed by atoms with Gasteiger partial charge in [-0.1, -0.05) is 6.92 Å². The SMILES string of the molecule is CC(C(=O)N(C)CC(O)CN1CCOCC1)C1CC1. The van der Waals surface area contributed by atoms with Crippen molar-refractivity contribution in [1.82, 2.24) is 9.80 Å². The lowest BCUT2D eigenvalue weighted by atomic mass is 10.1. The highest BCUT2D eigenvalue weighted by Crippen LogP contribution is 2.37. The van der Waals surface area contributed by atoms with Crippen LogP contribution in [0.2, 0.25) is 0 Å². The summed E-state index contributed by atoms with van der Waals surface area (Å²) in [6, 6.07) is 0. The molecule has 1 aliphatic heterocycles. The minimum absolute atomic E-state index is 0.112. The Bertz CT molecular complexity index is 301. The van der Waals surface area contributed by atoms with Crippen molar-refractivity contribution >= 4 is 5.91 Å². The standard InChI is InChI=1S/C14H26N2O3/c1-11(12-3-4-12)14(18)15(2)9-13(17)10-16-5-7-19-8-6-16/h11-13,17H,3-10H2,1-2H3. The van der Waals surface area contributed by atoms with E-state index in [1.54, 1.807) is 11.9 Å². The fraction of sp³-hybridized carbons (Fsp3) is 0.929. The molecule has 0 radical (unpaired) electrons. The van der Waals surface area contributed by atoms with Gasteiger partial charge in [0.2, 0.25) is 5.91 Å². The number of β-amino-alcohol motifs (C(OH)–C–C–N with tert-alkyl or cyclic N) is 1. The molecule has 2 rings (SSSR count). The van der Waals surface area contributed by atoms with Crippen LogP contribution >= 0.6 is 0 Å². The van der Waals surface area contributed by atoms with Crippen LogP contribution in [0.1, 0.15) is 19.8 Å². The number of rotatable bonds is 6. The van der Waals surface area contributed by atoms with Crippen LogP contribution in [0.25, 0.3) is 0 Å². The van der Waals surface area contributed by atoms with Crippen LogP contribution in [0.5, 0.6) is 0 Å². The van der Waals surface area contributed by atoms with Crippen LogP contribution in [0.15, 0.2) is 0 Å². The van der Waals surface area contributed by atoms with E-state index in [1.807, 2.05) is 6.92 Å². The van der Waals surface area contributed by atoms with Gasteiger partial charge in [0, 0.05) is 39.1 Å². The van der Waals surface area contributed by atoms with E-state index in [4.69, 9.17) is 4.74 Å². The number of nitrogens with zero attached hydrogens (tertiary/aromatic N) is 2. The first kappa shape index (κ1) is 14.8. The number of morpholine rings is 1. The number of aliphatic hydroxyl groups is 1. The zero-order valence-electron chi connectivity index (χ0n) is 12.0. The van der Waals surface area contributed by atoms with E-state index in [1.165, 1.54) is 12.8 Å². The van der Waals surface area contributed by atoms with E-state index in [0.717, 1.165) is 26.3 Å². The van der Waals surface area contributed by atoms with Crippen LogP contribution in [0, 0.1) is 11.8 Å². The highest BCUT2D eigenvalue weighted by molar-refractivity contribution is 5.78. The van der Waals surface area contributed by atoms with Crippen molar-refractivity contribution in [3.05, 3.63) is 0 Å². The Balaban J connectivity index is 1.70. The molecule has 1 saturated heterocycles. The largest absolute Gasteiger partial charge is 0.390 e. The molecule has 1 heterocycles. The molecule has 0 bridgehead atoms. The average Bonchev–Trinajstić information content (AvgIpc) is 3.22. The number of amides is 1. The molecule has 110 valence electrons. The first-order chi connectivity index (χ1) is 9.08. The number of carbonyl (C=O) groups is 1. The van der Waals surface area contributed by atoms with Gasteiger partial charge in [-0.15, -0.1) is 0 Å². The van der Waals surface area contributed by atoms with Crippen molar-refractivity contribution in [2.75, 3.05) is 46.4 Å². The Labute approximate surface area is 115 Å². The zero-order valence-corrected chi connectivity index (χ0v) is 12.0. The molecule has 2 unspecified atom stereocenters. The third-order valence-electron chi connectivity index (χ3n) is 4.15. The third-order valence-corrected chi connectivity index (χ3v) is 4.15. The molecule has 0 aromatic rings. The highest BCUT2D eigenvalue weighted by atomic mass is 16.5. The number of aliphatic hydroxyl groups excluding tert-OH is 1. The van der Waals surface area contributed by atoms with Gasteiger partial charge in [0.25, 0.3) is 0 Å². The quantitative estimate of drug-likeness (QED) is 0.748. The second kappa shape index (κ2) is 6.68. The Morgan fingerprint density at radius 2 is 2.05 bits per heavy atom. The molecule has 0 spiro atoms. The fourth-order valence-electron chi connectivity index (χ4n) is 2.69. The summed E-state index contributed by atoms with van der Waals surface area (Å²) < 4.78 is 5.28. The molecule has 19 heavy (non-hydrogen) atoms. The summed E-state index contributed by atoms with van der Waals surface area (Å²) in [6.45, 7) is 6.26. The van der Waals surface area contributed by atoms with Crippen LogP contribution in [-0.4, -0.2) is 73.4 Å². The summed E-state index contributed by atoms with van der Waals surface area (Å²) in [6.07, 6.45) is 1.88. The third kappa shape index (κ3) is 4.44. The molecule has 2 fully saturated rings. The van der Waals surface area contributed by atoms with Crippen LogP contribution in [0.4, 0.5) is 0 Å². The summed E-state index contributed by atoms with van der Waals surface area (Å²) in [7, 11) is 1.80. The van der Waals surface area contributed by atoms with Gasteiger partial charge in [-0.05, 0) is 18.8 Å². The van der Waals surface area contributed by atoms with E-state index in [2.05, 4.69) is 4.90 Å². The molecule has 0 aromatic heterocycles. The number of hydrogen-bond donors (Lipinski definition) is 1. The molecule has 0 aromatic carbocycles. The lowest BCUT2D eigenvalue weighted by Gasteiger charge is -2.30. The van der Waals surface area contributed by atoms with Gasteiger partial charge in [-0.25, -0.2) is 0 Å². The smallest absolute Gasteiger partial charge is 0.225 e. The Hall–Kier alpha value is -0.650. The lowest BCUT2D eigenvalue weighted by Crippen LogP contribution is -2.45. The first-order valence-electron chi connectivity index (χ1n) is 7.31. The minimum atomic E-state index is -0.474. The van der Waals surface area contributed by atoms with Crippen molar-refractivity contribution < 1.29 is 14.6 Å². The maximum Gasteiger partial charge on any atom is 0.225 e. The number of likely N-dealkylation sites (N-methyl/N-ethyl adjacent to an activating group) is 1. The predicted octanol–water partition coefficient (Wildman–Crippen LogP) is 0.184. The minimum Gasteiger partial charge on any atom is -0.390 e. The molecule has 2 aliphatic rings. The molecule has 1 saturated carbocycles. The Kier molecular flexibility index (Phi) is 5.19. The summed E-state index contributed by atoms with van der Waals surface area (Å²) in [5, 5.41) is 10.1. The van der Waals surface area contributed by atoms with E-state index in [0.29, 0.717) is 19.0 Å². The predicted molar refractivity (Wildman–Crippen MR) is 72.8 cm³/mol. The zero-order chi connectivity index (χ0) is 13.8. The Morgan fingerprint density at radius 3 is 2.63 bits per heavy atom. The summed E-state index contributed by atoms with van der Waals surface area (Å²) in [5.41, 5.74) is 0. The van der Waals surface area contributed by atoms with Crippen molar-refractivity contribution in [2.24, 2.45) is 11.8 Å². The molecule has 5 nitrogen and oxygen atoms in total. The maximum atomic E-state index is 12.1. The fourth-order valence-corrected chi connectivity index (χ4v) is 2.69. The monoisotopic (exact) mass is 270 g/mol. The van der Waals surface area contributed by atoms with Gasteiger partial charge in [0.1, 0.15) is 0 Å². The molecular weight excluding hydrogens is 244 g/mol. The number of ether oxygens (including phenoxy) is 1. The van der Waals surface area contributed by atoms with Gasteiger partial charge < -0.3 is 14.7 Å². The second-order valence-electron chi connectivity index (χ2n) is 5.91. The number of carbonyl (C=O) groups excluding carboxylic acids is 1. The van der Waals surface area contributed by atoms with Crippen LogP contribution < -0.4 is 0 Å². The van der Waals surface area contributed by atoms with Crippen molar-refractivity contribution in [1.29, 1.82) is 0 Å². The molecule has 1 N–H and O–H groups in total. The topological polar surface area (TPSA) is 53.0 Å². The molecule has 1 aliphatic carbocycles. The van der Waals surface area contributed by atoms with E-state index in [9.17, 15) is 9.90 Å². The van der Waals surface area contributed by atoms with Crippen molar-refractivity contribution in [3.8, 4) is 0 Å². The van der Waals surface area contributed by atoms with Gasteiger partial charge >= 0.3 is 0 Å². The number of hydrogen-bond acceptors (Lipinski definition) is 4. The molecule has 5 heteroatoms. The van der Waals surface area contributed by atoms with Gasteiger partial charge in [0.15, 0.2) is 0 Å². The second-order valence-corrected chi connectivity index (χ2v) is 5.91. The molecule has 1 amide bonds.